The van der Waals surface area contributed by atoms with Crippen molar-refractivity contribution >= 4 is 11.0 Å². The van der Waals surface area contributed by atoms with E-state index >= 15 is 0 Å². The summed E-state index contributed by atoms with van der Waals surface area (Å²) in [4.78, 5) is 31.0. The lowest BCUT2D eigenvalue weighted by atomic mass is 10.1. The maximum atomic E-state index is 12.3. The van der Waals surface area contributed by atoms with Crippen molar-refractivity contribution in [3.63, 3.8) is 0 Å². The number of hydrogen-bond donors (Lipinski definition) is 2. The van der Waals surface area contributed by atoms with Crippen molar-refractivity contribution in [2.24, 2.45) is 0 Å². The van der Waals surface area contributed by atoms with Crippen LogP contribution in [0.5, 0.6) is 0 Å². The van der Waals surface area contributed by atoms with E-state index < -0.39 is 0 Å². The van der Waals surface area contributed by atoms with Crippen LogP contribution >= 0.6 is 0 Å². The zero-order valence-electron chi connectivity index (χ0n) is 9.85. The second-order valence-electron chi connectivity index (χ2n) is 4.49. The average Bonchev–Trinajstić information content (AvgIpc) is 2.40. The molecule has 0 amide bonds. The van der Waals surface area contributed by atoms with Crippen molar-refractivity contribution in [3.8, 4) is 0 Å². The zero-order valence-corrected chi connectivity index (χ0v) is 9.85. The predicted octanol–water partition coefficient (Wildman–Crippen LogP) is 0.00930. The molecule has 0 atom stereocenters. The van der Waals surface area contributed by atoms with Crippen LogP contribution in [0, 0.1) is 0 Å². The molecule has 18 heavy (non-hydrogen) atoms. The molecule has 0 bridgehead atoms. The highest BCUT2D eigenvalue weighted by Gasteiger charge is 2.19. The van der Waals surface area contributed by atoms with E-state index in [4.69, 9.17) is 0 Å². The number of pyridine rings is 1. The van der Waals surface area contributed by atoms with E-state index in [1.807, 2.05) is 0 Å². The molecule has 1 fully saturated rings. The summed E-state index contributed by atoms with van der Waals surface area (Å²) in [5.41, 5.74) is -0.246. The summed E-state index contributed by atoms with van der Waals surface area (Å²) in [5, 5.41) is 3.69. The van der Waals surface area contributed by atoms with E-state index in [1.54, 1.807) is 18.3 Å². The van der Waals surface area contributed by atoms with Crippen LogP contribution in [-0.2, 0) is 0 Å². The maximum absolute atomic E-state index is 12.3. The van der Waals surface area contributed by atoms with Crippen LogP contribution in [0.25, 0.3) is 11.0 Å². The van der Waals surface area contributed by atoms with Crippen molar-refractivity contribution in [1.82, 2.24) is 19.9 Å². The molecule has 2 aromatic heterocycles. The van der Waals surface area contributed by atoms with Crippen molar-refractivity contribution in [2.75, 3.05) is 13.1 Å². The minimum atomic E-state index is -0.363. The van der Waals surface area contributed by atoms with E-state index in [1.165, 1.54) is 4.57 Å². The highest BCUT2D eigenvalue weighted by atomic mass is 16.2. The minimum absolute atomic E-state index is 0.0212. The Labute approximate surface area is 103 Å². The number of aromatic nitrogens is 3. The van der Waals surface area contributed by atoms with Crippen LogP contribution in [0.2, 0.25) is 0 Å². The van der Waals surface area contributed by atoms with Gasteiger partial charge in [0.15, 0.2) is 0 Å². The second kappa shape index (κ2) is 4.38. The Hall–Kier alpha value is -1.95. The van der Waals surface area contributed by atoms with Crippen LogP contribution in [0.1, 0.15) is 18.9 Å². The van der Waals surface area contributed by atoms with Crippen LogP contribution in [0.15, 0.2) is 27.9 Å². The molecule has 94 valence electrons. The molecule has 0 aliphatic carbocycles. The lowest BCUT2D eigenvalue weighted by Crippen LogP contribution is -2.42. The van der Waals surface area contributed by atoms with Crippen molar-refractivity contribution in [3.05, 3.63) is 39.2 Å². The Balaban J connectivity index is 2.22. The van der Waals surface area contributed by atoms with Crippen LogP contribution in [0.3, 0.4) is 0 Å². The Morgan fingerprint density at radius 2 is 2.06 bits per heavy atom. The quantitative estimate of drug-likeness (QED) is 0.742. The first-order valence-electron chi connectivity index (χ1n) is 6.07. The van der Waals surface area contributed by atoms with Crippen LogP contribution in [0.4, 0.5) is 0 Å². The standard InChI is InChI=1S/C12H14N4O2/c17-11-9-2-1-5-14-10(9)15-12(18)16(11)8-3-6-13-7-4-8/h1-2,5,8,13H,3-4,6-7H2,(H,14,15,18). The van der Waals surface area contributed by atoms with Crippen LogP contribution in [-0.4, -0.2) is 27.6 Å². The molecule has 1 aliphatic heterocycles. The molecule has 3 rings (SSSR count). The van der Waals surface area contributed by atoms with Gasteiger partial charge in [-0.05, 0) is 38.1 Å². The van der Waals surface area contributed by atoms with Crippen molar-refractivity contribution in [1.29, 1.82) is 0 Å². The molecule has 6 heteroatoms. The summed E-state index contributed by atoms with van der Waals surface area (Å²) < 4.78 is 1.34. The first-order chi connectivity index (χ1) is 8.77. The smallest absolute Gasteiger partial charge is 0.317 e. The number of nitrogens with one attached hydrogen (secondary N) is 2. The number of aromatic amines is 1. The van der Waals surface area contributed by atoms with Crippen molar-refractivity contribution < 1.29 is 0 Å². The molecule has 0 aromatic carbocycles. The Kier molecular flexibility index (Phi) is 2.71. The highest BCUT2D eigenvalue weighted by molar-refractivity contribution is 5.72. The molecule has 2 aromatic rings. The molecule has 2 N–H and O–H groups in total. The summed E-state index contributed by atoms with van der Waals surface area (Å²) in [6.45, 7) is 1.67. The van der Waals surface area contributed by atoms with Crippen LogP contribution < -0.4 is 16.6 Å². The third-order valence-electron chi connectivity index (χ3n) is 3.37. The Morgan fingerprint density at radius 1 is 1.28 bits per heavy atom. The molecule has 6 nitrogen and oxygen atoms in total. The van der Waals surface area contributed by atoms with Crippen molar-refractivity contribution in [2.45, 2.75) is 18.9 Å². The summed E-state index contributed by atoms with van der Waals surface area (Å²) in [6, 6.07) is 3.37. The first kappa shape index (κ1) is 11.2. The molecule has 1 aliphatic rings. The van der Waals surface area contributed by atoms with Gasteiger partial charge in [-0.15, -0.1) is 0 Å². The third kappa shape index (κ3) is 1.74. The predicted molar refractivity (Wildman–Crippen MR) is 67.8 cm³/mol. The van der Waals surface area contributed by atoms with E-state index in [0.717, 1.165) is 25.9 Å². The number of H-pyrrole nitrogens is 1. The monoisotopic (exact) mass is 246 g/mol. The normalized spacial score (nSPS) is 17.1. The van der Waals surface area contributed by atoms with E-state index in [-0.39, 0.29) is 17.3 Å². The first-order valence-corrected chi connectivity index (χ1v) is 6.07. The fourth-order valence-electron chi connectivity index (χ4n) is 2.46. The molecule has 0 saturated carbocycles. The number of nitrogens with zero attached hydrogens (tertiary/aromatic N) is 2. The van der Waals surface area contributed by atoms with E-state index in [9.17, 15) is 9.59 Å². The number of rotatable bonds is 1. The van der Waals surface area contributed by atoms with Gasteiger partial charge in [0.2, 0.25) is 0 Å². The van der Waals surface area contributed by atoms with Gasteiger partial charge in [-0.2, -0.15) is 0 Å². The minimum Gasteiger partial charge on any atom is -0.317 e. The fraction of sp³-hybridized carbons (Fsp3) is 0.417. The Morgan fingerprint density at radius 3 is 2.83 bits per heavy atom. The van der Waals surface area contributed by atoms with Gasteiger partial charge in [0, 0.05) is 12.2 Å². The van der Waals surface area contributed by atoms with Gasteiger partial charge in [0.25, 0.3) is 5.56 Å². The summed E-state index contributed by atoms with van der Waals surface area (Å²) in [5.74, 6) is 0. The topological polar surface area (TPSA) is 79.8 Å². The zero-order chi connectivity index (χ0) is 12.5. The molecule has 3 heterocycles. The molecule has 0 spiro atoms. The Bertz CT molecular complexity index is 682. The average molecular weight is 246 g/mol. The van der Waals surface area contributed by atoms with Gasteiger partial charge >= 0.3 is 5.69 Å². The summed E-state index contributed by atoms with van der Waals surface area (Å²) in [6.07, 6.45) is 3.16. The molecule has 1 saturated heterocycles. The molecule has 0 radical (unpaired) electrons. The lowest BCUT2D eigenvalue weighted by molar-refractivity contribution is 0.352. The fourth-order valence-corrected chi connectivity index (χ4v) is 2.46. The van der Waals surface area contributed by atoms with E-state index in [0.29, 0.717) is 11.0 Å². The third-order valence-corrected chi connectivity index (χ3v) is 3.37. The molecular formula is C12H14N4O2. The van der Waals surface area contributed by atoms with Gasteiger partial charge in [-0.3, -0.25) is 14.3 Å². The number of fused-ring (bicyclic) bond motifs is 1. The summed E-state index contributed by atoms with van der Waals surface area (Å²) >= 11 is 0. The number of hydrogen-bond acceptors (Lipinski definition) is 4. The van der Waals surface area contributed by atoms with Gasteiger partial charge in [-0.1, -0.05) is 0 Å². The lowest BCUT2D eigenvalue weighted by Gasteiger charge is -2.23. The van der Waals surface area contributed by atoms with Gasteiger partial charge < -0.3 is 5.32 Å². The largest absolute Gasteiger partial charge is 0.330 e. The van der Waals surface area contributed by atoms with Gasteiger partial charge in [0.05, 0.1) is 5.39 Å². The van der Waals surface area contributed by atoms with E-state index in [2.05, 4.69) is 15.3 Å². The van der Waals surface area contributed by atoms with Gasteiger partial charge in [-0.25, -0.2) is 9.78 Å². The molecular weight excluding hydrogens is 232 g/mol. The number of piperidine rings is 1. The van der Waals surface area contributed by atoms with Gasteiger partial charge in [0.1, 0.15) is 5.65 Å². The second-order valence-corrected chi connectivity index (χ2v) is 4.49. The highest BCUT2D eigenvalue weighted by Crippen LogP contribution is 2.14. The molecule has 0 unspecified atom stereocenters. The maximum Gasteiger partial charge on any atom is 0.330 e. The SMILES string of the molecule is O=c1[nH]c2ncccc2c(=O)n1C1CCNCC1. The summed E-state index contributed by atoms with van der Waals surface area (Å²) in [7, 11) is 0.